The van der Waals surface area contributed by atoms with E-state index < -0.39 is 0 Å². The summed E-state index contributed by atoms with van der Waals surface area (Å²) in [6.07, 6.45) is 0. The van der Waals surface area contributed by atoms with E-state index in [0.717, 1.165) is 5.02 Å². The second kappa shape index (κ2) is 9.60. The average molecular weight is 201 g/mol. The van der Waals surface area contributed by atoms with Crippen LogP contribution in [0, 0.1) is 13.8 Å². The molecule has 0 aliphatic rings. The third-order valence-corrected chi connectivity index (χ3v) is 1.95. The standard InChI is InChI=1S/C8H9Cl.2C2H6/c1-6-4-3-5-8(9)7(6)2;2*1-2/h3-5H,1-2H3;2*1-2H3. The van der Waals surface area contributed by atoms with Crippen LogP contribution in [0.25, 0.3) is 0 Å². The lowest BCUT2D eigenvalue weighted by atomic mass is 10.1. The first-order valence-electron chi connectivity index (χ1n) is 4.93. The maximum Gasteiger partial charge on any atom is 0.0437 e. The summed E-state index contributed by atoms with van der Waals surface area (Å²) >= 11 is 5.81. The molecule has 13 heavy (non-hydrogen) atoms. The fraction of sp³-hybridized carbons (Fsp3) is 0.500. The highest BCUT2D eigenvalue weighted by molar-refractivity contribution is 6.31. The summed E-state index contributed by atoms with van der Waals surface area (Å²) < 4.78 is 0. The van der Waals surface area contributed by atoms with Crippen LogP contribution in [0.4, 0.5) is 0 Å². The first kappa shape index (κ1) is 15.0. The first-order valence-corrected chi connectivity index (χ1v) is 5.31. The van der Waals surface area contributed by atoms with E-state index in [4.69, 9.17) is 11.6 Å². The van der Waals surface area contributed by atoms with Crippen LogP contribution < -0.4 is 0 Å². The Hall–Kier alpha value is -0.490. The fourth-order valence-electron chi connectivity index (χ4n) is 0.715. The Morgan fingerprint density at radius 1 is 0.923 bits per heavy atom. The maximum absolute atomic E-state index is 5.81. The molecule has 0 aromatic heterocycles. The van der Waals surface area contributed by atoms with E-state index in [1.165, 1.54) is 11.1 Å². The summed E-state index contributed by atoms with van der Waals surface area (Å²) in [6, 6.07) is 5.93. The molecule has 0 bridgehead atoms. The van der Waals surface area contributed by atoms with Gasteiger partial charge in [-0.1, -0.05) is 51.4 Å². The van der Waals surface area contributed by atoms with Crippen molar-refractivity contribution >= 4 is 11.6 Å². The van der Waals surface area contributed by atoms with E-state index >= 15 is 0 Å². The van der Waals surface area contributed by atoms with Gasteiger partial charge in [-0.15, -0.1) is 0 Å². The van der Waals surface area contributed by atoms with Crippen LogP contribution in [0.1, 0.15) is 38.8 Å². The van der Waals surface area contributed by atoms with Crippen molar-refractivity contribution in [3.8, 4) is 0 Å². The van der Waals surface area contributed by atoms with Crippen LogP contribution in [0.5, 0.6) is 0 Å². The Morgan fingerprint density at radius 2 is 1.38 bits per heavy atom. The third-order valence-electron chi connectivity index (χ3n) is 1.54. The van der Waals surface area contributed by atoms with E-state index in [-0.39, 0.29) is 0 Å². The minimum atomic E-state index is 0.856. The zero-order chi connectivity index (χ0) is 10.9. The maximum atomic E-state index is 5.81. The molecule has 1 aromatic carbocycles. The first-order chi connectivity index (χ1) is 6.22. The monoisotopic (exact) mass is 200 g/mol. The molecule has 0 atom stereocenters. The summed E-state index contributed by atoms with van der Waals surface area (Å²) in [4.78, 5) is 0. The van der Waals surface area contributed by atoms with Crippen molar-refractivity contribution in [2.45, 2.75) is 41.5 Å². The van der Waals surface area contributed by atoms with Crippen LogP contribution >= 0.6 is 11.6 Å². The lowest BCUT2D eigenvalue weighted by molar-refractivity contribution is 1.34. The van der Waals surface area contributed by atoms with Crippen LogP contribution in [0.2, 0.25) is 5.02 Å². The van der Waals surface area contributed by atoms with Crippen LogP contribution in [-0.2, 0) is 0 Å². The molecule has 1 aromatic rings. The van der Waals surface area contributed by atoms with Gasteiger partial charge in [0.25, 0.3) is 0 Å². The van der Waals surface area contributed by atoms with Gasteiger partial charge in [0.15, 0.2) is 0 Å². The smallest absolute Gasteiger partial charge is 0.0437 e. The number of hydrogen-bond donors (Lipinski definition) is 0. The normalized spacial score (nSPS) is 7.62. The SMILES string of the molecule is CC.CC.Cc1cccc(Cl)c1C. The van der Waals surface area contributed by atoms with E-state index in [9.17, 15) is 0 Å². The van der Waals surface area contributed by atoms with Gasteiger partial charge in [-0.2, -0.15) is 0 Å². The molecule has 0 aliphatic heterocycles. The molecular formula is C12H21Cl. The van der Waals surface area contributed by atoms with Gasteiger partial charge >= 0.3 is 0 Å². The zero-order valence-electron chi connectivity index (χ0n) is 9.61. The molecule has 0 unspecified atom stereocenters. The second-order valence-electron chi connectivity index (χ2n) is 2.18. The Labute approximate surface area is 87.9 Å². The van der Waals surface area contributed by atoms with Gasteiger partial charge < -0.3 is 0 Å². The Kier molecular flexibility index (Phi) is 11.1. The lowest BCUT2D eigenvalue weighted by Crippen LogP contribution is -1.78. The molecule has 0 nitrogen and oxygen atoms in total. The number of aryl methyl sites for hydroxylation is 1. The van der Waals surface area contributed by atoms with Crippen molar-refractivity contribution < 1.29 is 0 Å². The van der Waals surface area contributed by atoms with E-state index in [2.05, 4.69) is 13.0 Å². The molecule has 0 N–H and O–H groups in total. The Balaban J connectivity index is 0. The Bertz CT molecular complexity index is 196. The number of benzene rings is 1. The highest BCUT2D eigenvalue weighted by atomic mass is 35.5. The molecule has 0 radical (unpaired) electrons. The lowest BCUT2D eigenvalue weighted by Gasteiger charge is -1.98. The minimum Gasteiger partial charge on any atom is -0.0840 e. The van der Waals surface area contributed by atoms with Gasteiger partial charge in [0.2, 0.25) is 0 Å². The van der Waals surface area contributed by atoms with Crippen molar-refractivity contribution in [1.29, 1.82) is 0 Å². The van der Waals surface area contributed by atoms with Crippen molar-refractivity contribution in [2.24, 2.45) is 0 Å². The van der Waals surface area contributed by atoms with E-state index in [1.54, 1.807) is 0 Å². The highest BCUT2D eigenvalue weighted by Gasteiger charge is 1.93. The molecule has 0 aliphatic carbocycles. The van der Waals surface area contributed by atoms with E-state index in [0.29, 0.717) is 0 Å². The van der Waals surface area contributed by atoms with E-state index in [1.807, 2.05) is 46.8 Å². The van der Waals surface area contributed by atoms with Crippen LogP contribution in [-0.4, -0.2) is 0 Å². The van der Waals surface area contributed by atoms with Gasteiger partial charge in [0.1, 0.15) is 0 Å². The summed E-state index contributed by atoms with van der Waals surface area (Å²) in [7, 11) is 0. The Morgan fingerprint density at radius 3 is 1.69 bits per heavy atom. The summed E-state index contributed by atoms with van der Waals surface area (Å²) in [6.45, 7) is 12.1. The molecule has 0 fully saturated rings. The number of hydrogen-bond acceptors (Lipinski definition) is 0. The van der Waals surface area contributed by atoms with Crippen LogP contribution in [0.3, 0.4) is 0 Å². The van der Waals surface area contributed by atoms with Crippen molar-refractivity contribution in [3.63, 3.8) is 0 Å². The molecule has 0 spiro atoms. The van der Waals surface area contributed by atoms with Gasteiger partial charge in [-0.05, 0) is 31.0 Å². The molecular weight excluding hydrogens is 180 g/mol. The molecule has 0 saturated carbocycles. The van der Waals surface area contributed by atoms with Crippen LogP contribution in [0.15, 0.2) is 18.2 Å². The molecule has 0 heterocycles. The van der Waals surface area contributed by atoms with Gasteiger partial charge in [-0.3, -0.25) is 0 Å². The molecule has 0 saturated heterocycles. The predicted molar refractivity (Wildman–Crippen MR) is 63.6 cm³/mol. The topological polar surface area (TPSA) is 0 Å². The summed E-state index contributed by atoms with van der Waals surface area (Å²) in [5.41, 5.74) is 2.43. The van der Waals surface area contributed by atoms with Crippen molar-refractivity contribution in [3.05, 3.63) is 34.3 Å². The molecule has 1 heteroatoms. The third kappa shape index (κ3) is 5.70. The van der Waals surface area contributed by atoms with Gasteiger partial charge in [0, 0.05) is 5.02 Å². The van der Waals surface area contributed by atoms with Gasteiger partial charge in [0.05, 0.1) is 0 Å². The van der Waals surface area contributed by atoms with Gasteiger partial charge in [-0.25, -0.2) is 0 Å². The summed E-state index contributed by atoms with van der Waals surface area (Å²) in [5.74, 6) is 0. The predicted octanol–water partition coefficient (Wildman–Crippen LogP) is 5.01. The molecule has 76 valence electrons. The zero-order valence-corrected chi connectivity index (χ0v) is 10.4. The number of halogens is 1. The average Bonchev–Trinajstić information content (AvgIpc) is 2.20. The fourth-order valence-corrected chi connectivity index (χ4v) is 0.937. The second-order valence-corrected chi connectivity index (χ2v) is 2.59. The quantitative estimate of drug-likeness (QED) is 0.553. The summed E-state index contributed by atoms with van der Waals surface area (Å²) in [5, 5.41) is 0.856. The largest absolute Gasteiger partial charge is 0.0840 e. The van der Waals surface area contributed by atoms with Crippen molar-refractivity contribution in [1.82, 2.24) is 0 Å². The molecule has 1 rings (SSSR count). The molecule has 0 amide bonds. The highest BCUT2D eigenvalue weighted by Crippen LogP contribution is 2.16. The number of rotatable bonds is 0. The minimum absolute atomic E-state index is 0.856. The van der Waals surface area contributed by atoms with Crippen molar-refractivity contribution in [2.75, 3.05) is 0 Å².